The van der Waals surface area contributed by atoms with Gasteiger partial charge in [0.25, 0.3) is 5.91 Å². The Morgan fingerprint density at radius 3 is 2.53 bits per heavy atom. The molecule has 0 aliphatic heterocycles. The summed E-state index contributed by atoms with van der Waals surface area (Å²) >= 11 is 6.22. The van der Waals surface area contributed by atoms with E-state index in [-0.39, 0.29) is 24.5 Å². The molecule has 4 aromatic rings. The smallest absolute Gasteiger partial charge is 0.276 e. The second-order valence-electron chi connectivity index (χ2n) is 8.10. The van der Waals surface area contributed by atoms with E-state index in [1.165, 1.54) is 13.1 Å². The van der Waals surface area contributed by atoms with Crippen LogP contribution < -0.4 is 10.2 Å². The number of carbonyl (C=O) groups is 1. The van der Waals surface area contributed by atoms with E-state index in [0.717, 1.165) is 5.76 Å². The molecule has 0 bridgehead atoms. The van der Waals surface area contributed by atoms with Crippen molar-refractivity contribution in [3.8, 4) is 0 Å². The lowest BCUT2D eigenvalue weighted by Gasteiger charge is -2.24. The molecule has 188 valence electrons. The Balaban J connectivity index is 1.81. The van der Waals surface area contributed by atoms with Crippen molar-refractivity contribution < 1.29 is 22.0 Å². The maximum atomic E-state index is 13.5. The van der Waals surface area contributed by atoms with Crippen LogP contribution in [-0.2, 0) is 22.9 Å². The van der Waals surface area contributed by atoms with Gasteiger partial charge in [-0.3, -0.25) is 4.79 Å². The highest BCUT2D eigenvalue weighted by molar-refractivity contribution is 7.91. The summed E-state index contributed by atoms with van der Waals surface area (Å²) < 4.78 is 36.4. The molecule has 0 aliphatic rings. The number of anilines is 2. The lowest BCUT2D eigenvalue weighted by molar-refractivity contribution is 0.102. The van der Waals surface area contributed by atoms with E-state index in [4.69, 9.17) is 20.4 Å². The van der Waals surface area contributed by atoms with Crippen molar-refractivity contribution in [2.45, 2.75) is 39.0 Å². The Morgan fingerprint density at radius 1 is 1.08 bits per heavy atom. The normalized spacial score (nSPS) is 11.4. The largest absolute Gasteiger partial charge is 0.467 e. The van der Waals surface area contributed by atoms with Crippen LogP contribution in [-0.4, -0.2) is 30.0 Å². The van der Waals surface area contributed by atoms with Crippen molar-refractivity contribution in [3.63, 3.8) is 0 Å². The number of amides is 1. The molecule has 0 atom stereocenters. The number of hydrogen-bond donors (Lipinski definition) is 1. The molecule has 3 heterocycles. The summed E-state index contributed by atoms with van der Waals surface area (Å²) in [6.07, 6.45) is 2.89. The van der Waals surface area contributed by atoms with Gasteiger partial charge in [0, 0.05) is 10.7 Å². The number of carbonyl (C=O) groups excluding carboxylic acids is 1. The van der Waals surface area contributed by atoms with Gasteiger partial charge in [-0.1, -0.05) is 24.6 Å². The quantitative estimate of drug-likeness (QED) is 0.295. The number of nitrogens with one attached hydrogen (secondary N) is 1. The Hall–Kier alpha value is -3.63. The fraction of sp³-hybridized carbons (Fsp3) is 0.240. The van der Waals surface area contributed by atoms with Crippen LogP contribution >= 0.6 is 11.6 Å². The minimum Gasteiger partial charge on any atom is -0.467 e. The molecular weight excluding hydrogens is 504 g/mol. The average Bonchev–Trinajstić information content (AvgIpc) is 3.52. The molecule has 0 saturated heterocycles. The lowest BCUT2D eigenvalue weighted by Crippen LogP contribution is -2.27. The minimum absolute atomic E-state index is 0.105. The first-order valence-corrected chi connectivity index (χ1v) is 13.2. The first-order valence-electron chi connectivity index (χ1n) is 11.2. The Kier molecular flexibility index (Phi) is 7.46. The van der Waals surface area contributed by atoms with Crippen LogP contribution in [0.1, 0.15) is 40.3 Å². The van der Waals surface area contributed by atoms with Gasteiger partial charge in [-0.2, -0.15) is 0 Å². The molecule has 3 aromatic heterocycles. The summed E-state index contributed by atoms with van der Waals surface area (Å²) in [7, 11) is -3.77. The van der Waals surface area contributed by atoms with E-state index >= 15 is 0 Å². The maximum Gasteiger partial charge on any atom is 0.276 e. The van der Waals surface area contributed by atoms with Gasteiger partial charge in [0.2, 0.25) is 15.0 Å². The number of furan rings is 2. The van der Waals surface area contributed by atoms with Crippen LogP contribution in [0.25, 0.3) is 0 Å². The van der Waals surface area contributed by atoms with Gasteiger partial charge in [0.05, 0.1) is 37.0 Å². The molecule has 11 heteroatoms. The fourth-order valence-corrected chi connectivity index (χ4v) is 4.41. The number of halogens is 1. The zero-order valence-corrected chi connectivity index (χ0v) is 21.6. The van der Waals surface area contributed by atoms with E-state index in [1.807, 2.05) is 19.1 Å². The fourth-order valence-electron chi connectivity index (χ4n) is 3.54. The highest BCUT2D eigenvalue weighted by Gasteiger charge is 2.26. The first kappa shape index (κ1) is 25.5. The van der Waals surface area contributed by atoms with E-state index in [9.17, 15) is 13.2 Å². The zero-order chi connectivity index (χ0) is 25.9. The maximum absolute atomic E-state index is 13.5. The van der Waals surface area contributed by atoms with Gasteiger partial charge in [0.15, 0.2) is 5.69 Å². The van der Waals surface area contributed by atoms with Crippen molar-refractivity contribution in [1.82, 2.24) is 9.97 Å². The molecule has 0 radical (unpaired) electrons. The van der Waals surface area contributed by atoms with Gasteiger partial charge in [-0.05, 0) is 55.8 Å². The zero-order valence-electron chi connectivity index (χ0n) is 20.0. The van der Waals surface area contributed by atoms with Crippen LogP contribution in [0.2, 0.25) is 5.02 Å². The molecular formula is C25H25ClN4O5S. The third-order valence-corrected chi connectivity index (χ3v) is 7.47. The van der Waals surface area contributed by atoms with Crippen LogP contribution in [0.3, 0.4) is 0 Å². The van der Waals surface area contributed by atoms with Gasteiger partial charge in [-0.25, -0.2) is 18.4 Å². The summed E-state index contributed by atoms with van der Waals surface area (Å²) in [6.45, 7) is 5.61. The Morgan fingerprint density at radius 2 is 1.86 bits per heavy atom. The van der Waals surface area contributed by atoms with Crippen molar-refractivity contribution in [1.29, 1.82) is 0 Å². The molecule has 0 aliphatic carbocycles. The van der Waals surface area contributed by atoms with Crippen LogP contribution in [0, 0.1) is 13.8 Å². The molecule has 1 N–H and O–H groups in total. The Labute approximate surface area is 214 Å². The van der Waals surface area contributed by atoms with Gasteiger partial charge in [-0.15, -0.1) is 0 Å². The summed E-state index contributed by atoms with van der Waals surface area (Å²) in [4.78, 5) is 23.6. The number of rotatable bonds is 9. The summed E-state index contributed by atoms with van der Waals surface area (Å²) in [6, 6.07) is 12.3. The Bertz CT molecular complexity index is 1480. The van der Waals surface area contributed by atoms with Crippen LogP contribution in [0.5, 0.6) is 0 Å². The summed E-state index contributed by atoms with van der Waals surface area (Å²) in [5, 5.41) is 2.87. The van der Waals surface area contributed by atoms with Crippen molar-refractivity contribution >= 4 is 38.7 Å². The summed E-state index contributed by atoms with van der Waals surface area (Å²) in [5.41, 5.74) is 1.36. The van der Waals surface area contributed by atoms with E-state index in [2.05, 4.69) is 15.3 Å². The summed E-state index contributed by atoms with van der Waals surface area (Å²) in [5.74, 6) is 1.19. The number of aryl methyl sites for hydroxylation is 1. The third kappa shape index (κ3) is 5.60. The molecule has 0 fully saturated rings. The SMILES string of the molecule is CCS(=O)(=O)c1ncc(N(Cc2ccco2)Cc2ccc(C)o2)c(C(=O)Nc2cccc(Cl)c2C)n1. The second kappa shape index (κ2) is 10.5. The van der Waals surface area contributed by atoms with Gasteiger partial charge >= 0.3 is 0 Å². The van der Waals surface area contributed by atoms with Crippen molar-refractivity contribution in [2.24, 2.45) is 0 Å². The van der Waals surface area contributed by atoms with Gasteiger partial charge < -0.3 is 19.1 Å². The first-order chi connectivity index (χ1) is 17.2. The van der Waals surface area contributed by atoms with Crippen LogP contribution in [0.4, 0.5) is 11.4 Å². The lowest BCUT2D eigenvalue weighted by atomic mass is 10.2. The monoisotopic (exact) mass is 528 g/mol. The number of sulfone groups is 1. The molecule has 4 rings (SSSR count). The standard InChI is InChI=1S/C25H25ClN4O5S/c1-4-36(32,33)25-27-13-22(23(29-25)24(31)28-21-9-5-8-20(26)17(21)3)30(14-18-7-6-12-34-18)15-19-11-10-16(2)35-19/h5-13H,4,14-15H2,1-3H3,(H,28,31). The molecule has 0 saturated carbocycles. The van der Waals surface area contributed by atoms with Crippen LogP contribution in [0.15, 0.2) is 68.9 Å². The third-order valence-electron chi connectivity index (χ3n) is 5.55. The number of nitrogens with zero attached hydrogens (tertiary/aromatic N) is 3. The van der Waals surface area contributed by atoms with Crippen molar-refractivity contribution in [2.75, 3.05) is 16.0 Å². The van der Waals surface area contributed by atoms with Gasteiger partial charge in [0.1, 0.15) is 17.3 Å². The topological polar surface area (TPSA) is 119 Å². The molecule has 9 nitrogen and oxygen atoms in total. The molecule has 0 unspecified atom stereocenters. The second-order valence-corrected chi connectivity index (χ2v) is 10.7. The molecule has 0 spiro atoms. The predicted molar refractivity (Wildman–Crippen MR) is 136 cm³/mol. The van der Waals surface area contributed by atoms with E-state index in [0.29, 0.717) is 33.5 Å². The van der Waals surface area contributed by atoms with E-state index < -0.39 is 20.9 Å². The number of benzene rings is 1. The van der Waals surface area contributed by atoms with E-state index in [1.54, 1.807) is 48.4 Å². The highest BCUT2D eigenvalue weighted by Crippen LogP contribution is 2.28. The molecule has 1 amide bonds. The molecule has 36 heavy (non-hydrogen) atoms. The minimum atomic E-state index is -3.77. The molecule has 1 aromatic carbocycles. The highest BCUT2D eigenvalue weighted by atomic mass is 35.5. The average molecular weight is 529 g/mol. The predicted octanol–water partition coefficient (Wildman–Crippen LogP) is 5.19. The number of hydrogen-bond acceptors (Lipinski definition) is 8. The number of aromatic nitrogens is 2. The van der Waals surface area contributed by atoms with Crippen molar-refractivity contribution in [3.05, 3.63) is 88.5 Å².